The number of nitrogens with zero attached hydrogens (tertiary/aromatic N) is 1. The van der Waals surface area contributed by atoms with Gasteiger partial charge in [-0.25, -0.2) is 0 Å². The summed E-state index contributed by atoms with van der Waals surface area (Å²) in [6.45, 7) is 8.07. The van der Waals surface area contributed by atoms with Crippen LogP contribution in [0.3, 0.4) is 0 Å². The molecule has 3 aromatic rings. The van der Waals surface area contributed by atoms with Gasteiger partial charge in [-0.05, 0) is 64.9 Å². The highest BCUT2D eigenvalue weighted by molar-refractivity contribution is 6.51. The Kier molecular flexibility index (Phi) is 7.63. The molecule has 1 unspecified atom stereocenters. The Morgan fingerprint density at radius 2 is 1.59 bits per heavy atom. The molecular weight excluding hydrogens is 494 g/mol. The van der Waals surface area contributed by atoms with Crippen molar-refractivity contribution < 1.29 is 29.0 Å². The quantitative estimate of drug-likeness (QED) is 0.193. The van der Waals surface area contributed by atoms with Gasteiger partial charge in [0.2, 0.25) is 0 Å². The van der Waals surface area contributed by atoms with Crippen LogP contribution in [0.1, 0.15) is 54.6 Å². The van der Waals surface area contributed by atoms with Gasteiger partial charge in [0.15, 0.2) is 0 Å². The van der Waals surface area contributed by atoms with Crippen molar-refractivity contribution in [1.82, 2.24) is 0 Å². The Balaban J connectivity index is 1.89. The summed E-state index contributed by atoms with van der Waals surface area (Å²) in [5.41, 5.74) is 3.92. The molecule has 0 aliphatic carbocycles. The summed E-state index contributed by atoms with van der Waals surface area (Å²) in [5.74, 6) is -1.50. The van der Waals surface area contributed by atoms with Crippen molar-refractivity contribution in [3.63, 3.8) is 0 Å². The number of aliphatic hydroxyl groups is 1. The average Bonchev–Trinajstić information content (AvgIpc) is 3.18. The molecular formula is C32H33NO6. The van der Waals surface area contributed by atoms with Crippen LogP contribution < -0.4 is 9.64 Å². The van der Waals surface area contributed by atoms with Crippen LogP contribution in [0.4, 0.5) is 5.69 Å². The number of carbonyl (C=O) groups is 3. The van der Waals surface area contributed by atoms with E-state index in [9.17, 15) is 19.5 Å². The van der Waals surface area contributed by atoms with Crippen LogP contribution in [-0.4, -0.2) is 37.0 Å². The number of hydrogen-bond donors (Lipinski definition) is 1. The zero-order chi connectivity index (χ0) is 28.5. The second-order valence-corrected chi connectivity index (χ2v) is 10.6. The number of aryl methyl sites for hydroxylation is 1. The number of methoxy groups -OCH3 is 2. The fourth-order valence-corrected chi connectivity index (χ4v) is 4.70. The molecule has 0 aromatic heterocycles. The maximum absolute atomic E-state index is 13.6. The van der Waals surface area contributed by atoms with Crippen LogP contribution in [0.2, 0.25) is 0 Å². The van der Waals surface area contributed by atoms with E-state index in [-0.39, 0.29) is 29.1 Å². The van der Waals surface area contributed by atoms with Crippen molar-refractivity contribution in [3.05, 3.63) is 100 Å². The second kappa shape index (κ2) is 10.8. The van der Waals surface area contributed by atoms with Crippen LogP contribution >= 0.6 is 0 Å². The van der Waals surface area contributed by atoms with Crippen LogP contribution in [-0.2, 0) is 31.0 Å². The van der Waals surface area contributed by atoms with E-state index in [0.29, 0.717) is 28.1 Å². The lowest BCUT2D eigenvalue weighted by atomic mass is 9.84. The molecule has 3 aromatic carbocycles. The first-order valence-electron chi connectivity index (χ1n) is 12.7. The highest BCUT2D eigenvalue weighted by Gasteiger charge is 2.47. The van der Waals surface area contributed by atoms with E-state index in [1.807, 2.05) is 25.1 Å². The molecule has 0 radical (unpaired) electrons. The first-order valence-corrected chi connectivity index (χ1v) is 12.7. The third kappa shape index (κ3) is 5.43. The van der Waals surface area contributed by atoms with Crippen molar-refractivity contribution in [3.8, 4) is 5.75 Å². The normalized spacial score (nSPS) is 16.9. The van der Waals surface area contributed by atoms with Crippen LogP contribution in [0.25, 0.3) is 5.76 Å². The van der Waals surface area contributed by atoms with E-state index in [1.165, 1.54) is 12.0 Å². The van der Waals surface area contributed by atoms with Gasteiger partial charge in [-0.2, -0.15) is 0 Å². The largest absolute Gasteiger partial charge is 0.507 e. The van der Waals surface area contributed by atoms with Crippen LogP contribution in [0, 0.1) is 6.92 Å². The van der Waals surface area contributed by atoms with E-state index >= 15 is 0 Å². The smallest absolute Gasteiger partial charge is 0.309 e. The first kappa shape index (κ1) is 27.6. The summed E-state index contributed by atoms with van der Waals surface area (Å²) in [6.07, 6.45) is 0.0842. The summed E-state index contributed by atoms with van der Waals surface area (Å²) in [6, 6.07) is 18.8. The fourth-order valence-electron chi connectivity index (χ4n) is 4.70. The summed E-state index contributed by atoms with van der Waals surface area (Å²) in [5, 5.41) is 11.7. The molecule has 0 saturated carbocycles. The Hall–Kier alpha value is -4.39. The Bertz CT molecular complexity index is 1450. The number of rotatable bonds is 6. The number of amides is 1. The fraction of sp³-hybridized carbons (Fsp3) is 0.281. The van der Waals surface area contributed by atoms with Crippen molar-refractivity contribution >= 4 is 29.1 Å². The first-order chi connectivity index (χ1) is 18.5. The standard InChI is InChI=1S/C32H33NO6/c1-19-7-12-22(32(2,3)4)18-25(19)29(35)27-28(21-10-15-24(38-5)16-11-21)33(31(37)30(27)36)23-13-8-20(9-14-23)17-26(34)39-6/h7-16,18,28,35H,17H2,1-6H3/b29-27+. The minimum atomic E-state index is -0.875. The van der Waals surface area contributed by atoms with Gasteiger partial charge < -0.3 is 14.6 Å². The zero-order valence-electron chi connectivity index (χ0n) is 23.1. The van der Waals surface area contributed by atoms with Crippen molar-refractivity contribution in [2.75, 3.05) is 19.1 Å². The number of Topliss-reactive ketones (excluding diaryl/α,β-unsaturated/α-hetero) is 1. The SMILES string of the molecule is COC(=O)Cc1ccc(N2C(=O)C(=O)/C(=C(/O)c3cc(C(C)(C)C)ccc3C)C2c2ccc(OC)cc2)cc1. The molecule has 39 heavy (non-hydrogen) atoms. The molecule has 1 amide bonds. The molecule has 1 atom stereocenters. The van der Waals surface area contributed by atoms with Crippen LogP contribution in [0.5, 0.6) is 5.75 Å². The monoisotopic (exact) mass is 527 g/mol. The average molecular weight is 528 g/mol. The molecule has 1 aliphatic heterocycles. The van der Waals surface area contributed by atoms with E-state index < -0.39 is 17.7 Å². The highest BCUT2D eigenvalue weighted by atomic mass is 16.5. The van der Waals surface area contributed by atoms with Gasteiger partial charge in [-0.1, -0.05) is 57.2 Å². The highest BCUT2D eigenvalue weighted by Crippen LogP contribution is 2.43. The van der Waals surface area contributed by atoms with E-state index in [2.05, 4.69) is 20.8 Å². The minimum absolute atomic E-state index is 0.0120. The van der Waals surface area contributed by atoms with Crippen molar-refractivity contribution in [2.45, 2.75) is 45.6 Å². The molecule has 1 heterocycles. The molecule has 1 saturated heterocycles. The van der Waals surface area contributed by atoms with Gasteiger partial charge in [0, 0.05) is 11.3 Å². The summed E-state index contributed by atoms with van der Waals surface area (Å²) in [7, 11) is 2.88. The Morgan fingerprint density at radius 3 is 2.15 bits per heavy atom. The minimum Gasteiger partial charge on any atom is -0.507 e. The second-order valence-electron chi connectivity index (χ2n) is 10.6. The Labute approximate surface area is 228 Å². The van der Waals surface area contributed by atoms with Crippen molar-refractivity contribution in [2.24, 2.45) is 0 Å². The topological polar surface area (TPSA) is 93.1 Å². The Morgan fingerprint density at radius 1 is 0.949 bits per heavy atom. The lowest BCUT2D eigenvalue weighted by Gasteiger charge is -2.26. The van der Waals surface area contributed by atoms with E-state index in [0.717, 1.165) is 11.1 Å². The molecule has 7 heteroatoms. The number of ketones is 1. The molecule has 202 valence electrons. The maximum Gasteiger partial charge on any atom is 0.309 e. The number of carbonyl (C=O) groups excluding carboxylic acids is 3. The summed E-state index contributed by atoms with van der Waals surface area (Å²) < 4.78 is 10.0. The predicted octanol–water partition coefficient (Wildman–Crippen LogP) is 5.64. The summed E-state index contributed by atoms with van der Waals surface area (Å²) in [4.78, 5) is 40.2. The zero-order valence-corrected chi connectivity index (χ0v) is 23.1. The molecule has 1 N–H and O–H groups in total. The number of ether oxygens (including phenoxy) is 2. The third-order valence-corrected chi connectivity index (χ3v) is 7.03. The van der Waals surface area contributed by atoms with Gasteiger partial charge in [-0.15, -0.1) is 0 Å². The molecule has 0 spiro atoms. The number of esters is 1. The van der Waals surface area contributed by atoms with Gasteiger partial charge in [0.05, 0.1) is 32.3 Å². The van der Waals surface area contributed by atoms with Crippen LogP contribution in [0.15, 0.2) is 72.3 Å². The molecule has 1 aliphatic rings. The van der Waals surface area contributed by atoms with Gasteiger partial charge in [0.25, 0.3) is 11.7 Å². The molecule has 1 fully saturated rings. The third-order valence-electron chi connectivity index (χ3n) is 7.03. The summed E-state index contributed by atoms with van der Waals surface area (Å²) >= 11 is 0. The number of aliphatic hydroxyl groups excluding tert-OH is 1. The lowest BCUT2D eigenvalue weighted by Crippen LogP contribution is -2.29. The van der Waals surface area contributed by atoms with Gasteiger partial charge in [0.1, 0.15) is 11.5 Å². The predicted molar refractivity (Wildman–Crippen MR) is 150 cm³/mol. The molecule has 4 rings (SSSR count). The maximum atomic E-state index is 13.6. The van der Waals surface area contributed by atoms with Gasteiger partial charge >= 0.3 is 5.97 Å². The number of anilines is 1. The number of hydrogen-bond acceptors (Lipinski definition) is 6. The van der Waals surface area contributed by atoms with Gasteiger partial charge in [-0.3, -0.25) is 19.3 Å². The van der Waals surface area contributed by atoms with Crippen molar-refractivity contribution in [1.29, 1.82) is 0 Å². The molecule has 7 nitrogen and oxygen atoms in total. The van der Waals surface area contributed by atoms with E-state index in [4.69, 9.17) is 9.47 Å². The van der Waals surface area contributed by atoms with E-state index in [1.54, 1.807) is 55.6 Å². The molecule has 0 bridgehead atoms. The number of benzene rings is 3. The lowest BCUT2D eigenvalue weighted by molar-refractivity contribution is -0.139.